The van der Waals surface area contributed by atoms with E-state index in [1.54, 1.807) is 10.9 Å². The molecule has 2 aromatic heterocycles. The Morgan fingerprint density at radius 1 is 1.16 bits per heavy atom. The molecule has 31 heavy (non-hydrogen) atoms. The van der Waals surface area contributed by atoms with Gasteiger partial charge in [0.15, 0.2) is 0 Å². The van der Waals surface area contributed by atoms with Crippen LogP contribution in [0, 0.1) is 11.8 Å². The second-order valence-corrected chi connectivity index (χ2v) is 8.93. The van der Waals surface area contributed by atoms with Crippen LogP contribution in [0.25, 0.3) is 22.0 Å². The number of halogens is 1. The van der Waals surface area contributed by atoms with E-state index < -0.39 is 6.17 Å². The van der Waals surface area contributed by atoms with Crippen LogP contribution in [-0.2, 0) is 11.8 Å². The van der Waals surface area contributed by atoms with Gasteiger partial charge in [0, 0.05) is 49.7 Å². The molecule has 1 saturated carbocycles. The SMILES string of the molecule is Cn1cc(-c2ccc3cnc(NC(=O)C4CCC(CN5CC(F)C5)CC4)cc3c2)nn1. The molecule has 1 aromatic carbocycles. The number of benzene rings is 1. The number of amides is 1. The van der Waals surface area contributed by atoms with Crippen molar-refractivity contribution >= 4 is 22.5 Å². The Balaban J connectivity index is 1.21. The summed E-state index contributed by atoms with van der Waals surface area (Å²) in [4.78, 5) is 19.4. The topological polar surface area (TPSA) is 75.9 Å². The van der Waals surface area contributed by atoms with Crippen LogP contribution in [0.2, 0.25) is 0 Å². The lowest BCUT2D eigenvalue weighted by molar-refractivity contribution is -0.121. The lowest BCUT2D eigenvalue weighted by Gasteiger charge is -2.38. The predicted molar refractivity (Wildman–Crippen MR) is 117 cm³/mol. The molecule has 1 aliphatic carbocycles. The van der Waals surface area contributed by atoms with Crippen molar-refractivity contribution < 1.29 is 9.18 Å². The molecule has 162 valence electrons. The number of carbonyl (C=O) groups excluding carboxylic acids is 1. The van der Waals surface area contributed by atoms with Crippen molar-refractivity contribution in [1.29, 1.82) is 0 Å². The number of anilines is 1. The number of fused-ring (bicyclic) bond motifs is 1. The maximum Gasteiger partial charge on any atom is 0.228 e. The summed E-state index contributed by atoms with van der Waals surface area (Å²) in [6.07, 6.45) is 6.83. The van der Waals surface area contributed by atoms with Crippen LogP contribution in [0.15, 0.2) is 36.7 Å². The van der Waals surface area contributed by atoms with Gasteiger partial charge in [0.2, 0.25) is 5.91 Å². The zero-order chi connectivity index (χ0) is 21.4. The van der Waals surface area contributed by atoms with E-state index in [0.29, 0.717) is 24.8 Å². The molecule has 2 aliphatic rings. The van der Waals surface area contributed by atoms with Crippen LogP contribution in [0.4, 0.5) is 10.2 Å². The molecule has 7 nitrogen and oxygen atoms in total. The number of rotatable bonds is 5. The third-order valence-corrected chi connectivity index (χ3v) is 6.52. The van der Waals surface area contributed by atoms with Gasteiger partial charge in [-0.2, -0.15) is 0 Å². The van der Waals surface area contributed by atoms with E-state index in [1.165, 1.54) is 0 Å². The molecular weight excluding hydrogens is 395 g/mol. The molecule has 8 heteroatoms. The van der Waals surface area contributed by atoms with Crippen LogP contribution in [0.5, 0.6) is 0 Å². The van der Waals surface area contributed by atoms with Crippen LogP contribution in [-0.4, -0.2) is 56.6 Å². The highest BCUT2D eigenvalue weighted by Gasteiger charge is 2.31. The highest BCUT2D eigenvalue weighted by Crippen LogP contribution is 2.31. The summed E-state index contributed by atoms with van der Waals surface area (Å²) in [5.41, 5.74) is 1.78. The minimum absolute atomic E-state index is 0.0185. The molecule has 3 aromatic rings. The van der Waals surface area contributed by atoms with Crippen molar-refractivity contribution in [1.82, 2.24) is 24.9 Å². The number of aromatic nitrogens is 4. The molecule has 0 spiro atoms. The monoisotopic (exact) mass is 422 g/mol. The lowest BCUT2D eigenvalue weighted by atomic mass is 9.81. The molecule has 0 bridgehead atoms. The average Bonchev–Trinajstić information content (AvgIpc) is 3.19. The van der Waals surface area contributed by atoms with Gasteiger partial charge < -0.3 is 5.32 Å². The maximum absolute atomic E-state index is 13.0. The third kappa shape index (κ3) is 4.44. The van der Waals surface area contributed by atoms with Crippen LogP contribution in [0.3, 0.4) is 0 Å². The third-order valence-electron chi connectivity index (χ3n) is 6.52. The van der Waals surface area contributed by atoms with Crippen molar-refractivity contribution in [3.8, 4) is 11.3 Å². The zero-order valence-electron chi connectivity index (χ0n) is 17.7. The molecule has 2 fully saturated rings. The van der Waals surface area contributed by atoms with Gasteiger partial charge in [-0.25, -0.2) is 9.37 Å². The number of nitrogens with zero attached hydrogens (tertiary/aromatic N) is 5. The van der Waals surface area contributed by atoms with Gasteiger partial charge in [-0.1, -0.05) is 17.3 Å². The van der Waals surface area contributed by atoms with Crippen LogP contribution < -0.4 is 5.32 Å². The van der Waals surface area contributed by atoms with Crippen LogP contribution in [0.1, 0.15) is 25.7 Å². The fraction of sp³-hybridized carbons (Fsp3) is 0.478. The van der Waals surface area contributed by atoms with Crippen molar-refractivity contribution in [3.05, 3.63) is 36.7 Å². The largest absolute Gasteiger partial charge is 0.310 e. The van der Waals surface area contributed by atoms with Gasteiger partial charge in [0.05, 0.1) is 6.20 Å². The van der Waals surface area contributed by atoms with E-state index in [4.69, 9.17) is 0 Å². The van der Waals surface area contributed by atoms with E-state index in [0.717, 1.165) is 54.3 Å². The van der Waals surface area contributed by atoms with E-state index >= 15 is 0 Å². The quantitative estimate of drug-likeness (QED) is 0.682. The first-order chi connectivity index (χ1) is 15.0. The second-order valence-electron chi connectivity index (χ2n) is 8.93. The van der Waals surface area contributed by atoms with Gasteiger partial charge in [0.25, 0.3) is 0 Å². The summed E-state index contributed by atoms with van der Waals surface area (Å²) in [5.74, 6) is 1.22. The van der Waals surface area contributed by atoms with E-state index in [2.05, 4.69) is 25.5 Å². The normalized spacial score (nSPS) is 22.4. The minimum Gasteiger partial charge on any atom is -0.310 e. The van der Waals surface area contributed by atoms with E-state index in [9.17, 15) is 9.18 Å². The first-order valence-electron chi connectivity index (χ1n) is 11.0. The van der Waals surface area contributed by atoms with Gasteiger partial charge in [-0.15, -0.1) is 5.10 Å². The molecule has 0 radical (unpaired) electrons. The number of likely N-dealkylation sites (tertiary alicyclic amines) is 1. The fourth-order valence-electron chi connectivity index (χ4n) is 4.70. The van der Waals surface area contributed by atoms with Gasteiger partial charge in [-0.05, 0) is 49.1 Å². The molecule has 0 atom stereocenters. The van der Waals surface area contributed by atoms with Gasteiger partial charge >= 0.3 is 0 Å². The molecule has 1 saturated heterocycles. The molecule has 1 aliphatic heterocycles. The second kappa shape index (κ2) is 8.34. The number of nitrogens with one attached hydrogen (secondary N) is 1. The maximum atomic E-state index is 13.0. The standard InChI is InChI=1S/C23H27FN6O/c1-29-14-21(27-28-29)17-6-7-18-10-25-22(9-19(18)8-17)26-23(31)16-4-2-15(3-5-16)11-30-12-20(24)13-30/h6-10,14-16,20H,2-5,11-13H2,1H3,(H,25,26,31). The average molecular weight is 423 g/mol. The van der Waals surface area contributed by atoms with Gasteiger partial charge in [-0.3, -0.25) is 14.4 Å². The summed E-state index contributed by atoms with van der Waals surface area (Å²) in [5, 5.41) is 13.2. The Hall–Kier alpha value is -2.87. The minimum atomic E-state index is -0.645. The molecule has 1 amide bonds. The van der Waals surface area contributed by atoms with Crippen molar-refractivity contribution in [3.63, 3.8) is 0 Å². The first-order valence-corrected chi connectivity index (χ1v) is 11.0. The zero-order valence-corrected chi connectivity index (χ0v) is 17.7. The summed E-state index contributed by atoms with van der Waals surface area (Å²) in [6, 6.07) is 7.96. The number of carbonyl (C=O) groups is 1. The smallest absolute Gasteiger partial charge is 0.228 e. The highest BCUT2D eigenvalue weighted by molar-refractivity contribution is 5.95. The van der Waals surface area contributed by atoms with E-state index in [1.807, 2.05) is 37.5 Å². The Kier molecular flexibility index (Phi) is 5.40. The predicted octanol–water partition coefficient (Wildman–Crippen LogP) is 3.43. The summed E-state index contributed by atoms with van der Waals surface area (Å²) in [7, 11) is 1.84. The number of hydrogen-bond donors (Lipinski definition) is 1. The van der Waals surface area contributed by atoms with E-state index in [-0.39, 0.29) is 11.8 Å². The molecule has 1 N–H and O–H groups in total. The van der Waals surface area contributed by atoms with Crippen molar-refractivity contribution in [2.24, 2.45) is 18.9 Å². The Labute approximate surface area is 180 Å². The Morgan fingerprint density at radius 3 is 2.68 bits per heavy atom. The summed E-state index contributed by atoms with van der Waals surface area (Å²) in [6.45, 7) is 2.12. The van der Waals surface area contributed by atoms with Crippen LogP contribution >= 0.6 is 0 Å². The Bertz CT molecular complexity index is 1080. The molecule has 0 unspecified atom stereocenters. The molecule has 3 heterocycles. The molecule has 5 rings (SSSR count). The summed E-state index contributed by atoms with van der Waals surface area (Å²) < 4.78 is 14.7. The van der Waals surface area contributed by atoms with Crippen molar-refractivity contribution in [2.45, 2.75) is 31.9 Å². The first kappa shape index (κ1) is 20.1. The lowest BCUT2D eigenvalue weighted by Crippen LogP contribution is -2.50. The number of aryl methyl sites for hydroxylation is 1. The van der Waals surface area contributed by atoms with Gasteiger partial charge in [0.1, 0.15) is 17.7 Å². The number of alkyl halides is 1. The highest BCUT2D eigenvalue weighted by atomic mass is 19.1. The summed E-state index contributed by atoms with van der Waals surface area (Å²) >= 11 is 0. The number of pyridine rings is 1. The van der Waals surface area contributed by atoms with Crippen molar-refractivity contribution in [2.75, 3.05) is 25.0 Å². The Morgan fingerprint density at radius 2 is 1.97 bits per heavy atom. The number of hydrogen-bond acceptors (Lipinski definition) is 5. The fourth-order valence-corrected chi connectivity index (χ4v) is 4.70. The molecular formula is C23H27FN6O.